The summed E-state index contributed by atoms with van der Waals surface area (Å²) in [6.45, 7) is 2.23. The van der Waals surface area contributed by atoms with Crippen LogP contribution >= 0.6 is 22.9 Å². The number of halogens is 1. The Bertz CT molecular complexity index is 850. The molecule has 21 heavy (non-hydrogen) atoms. The van der Waals surface area contributed by atoms with Crippen LogP contribution < -0.4 is 14.2 Å². The molecule has 0 aliphatic carbocycles. The number of fused-ring (bicyclic) bond motifs is 2. The maximum absolute atomic E-state index is 5.95. The Kier molecular flexibility index (Phi) is 2.87. The molecule has 0 N–H and O–H groups in total. The van der Waals surface area contributed by atoms with Gasteiger partial charge in [-0.2, -0.15) is 4.98 Å². The van der Waals surface area contributed by atoms with Gasteiger partial charge in [-0.3, -0.25) is 0 Å². The summed E-state index contributed by atoms with van der Waals surface area (Å²) in [5.41, 5.74) is 0. The standard InChI is InChI=1S/C14H9ClN2O3S/c1-7-4-9-12(16-14(15)17-13(9)21-7)20-8-2-3-10-11(5-8)19-6-18-10/h2-5H,6H2,1H3. The van der Waals surface area contributed by atoms with Crippen LogP contribution in [0.4, 0.5) is 0 Å². The predicted octanol–water partition coefficient (Wildman–Crippen LogP) is 4.17. The van der Waals surface area contributed by atoms with E-state index >= 15 is 0 Å². The number of hydrogen-bond donors (Lipinski definition) is 0. The third-order valence-electron chi connectivity index (χ3n) is 3.01. The molecule has 0 radical (unpaired) electrons. The average Bonchev–Trinajstić information content (AvgIpc) is 3.03. The molecule has 106 valence electrons. The van der Waals surface area contributed by atoms with Gasteiger partial charge in [0.25, 0.3) is 0 Å². The van der Waals surface area contributed by atoms with Crippen LogP contribution in [0.3, 0.4) is 0 Å². The fraction of sp³-hybridized carbons (Fsp3) is 0.143. The van der Waals surface area contributed by atoms with E-state index in [1.807, 2.05) is 13.0 Å². The van der Waals surface area contributed by atoms with Crippen LogP contribution in [0.25, 0.3) is 10.2 Å². The molecule has 0 unspecified atom stereocenters. The van der Waals surface area contributed by atoms with Crippen molar-refractivity contribution in [3.63, 3.8) is 0 Å². The summed E-state index contributed by atoms with van der Waals surface area (Å²) in [6.07, 6.45) is 0. The van der Waals surface area contributed by atoms with Gasteiger partial charge in [0.1, 0.15) is 10.6 Å². The second kappa shape index (κ2) is 4.75. The Balaban J connectivity index is 1.77. The quantitative estimate of drug-likeness (QED) is 0.663. The molecule has 0 atom stereocenters. The van der Waals surface area contributed by atoms with Crippen molar-refractivity contribution in [1.82, 2.24) is 9.97 Å². The van der Waals surface area contributed by atoms with E-state index in [9.17, 15) is 0 Å². The Hall–Kier alpha value is -2.05. The molecule has 0 bridgehead atoms. The van der Waals surface area contributed by atoms with Crippen molar-refractivity contribution < 1.29 is 14.2 Å². The highest BCUT2D eigenvalue weighted by molar-refractivity contribution is 7.18. The zero-order valence-electron chi connectivity index (χ0n) is 10.9. The van der Waals surface area contributed by atoms with Crippen molar-refractivity contribution in [3.8, 4) is 23.1 Å². The zero-order chi connectivity index (χ0) is 14.4. The van der Waals surface area contributed by atoms with E-state index in [1.54, 1.807) is 29.5 Å². The number of benzene rings is 1. The number of nitrogens with zero attached hydrogens (tertiary/aromatic N) is 2. The molecule has 0 saturated carbocycles. The molecule has 3 aromatic rings. The minimum absolute atomic E-state index is 0.167. The van der Waals surface area contributed by atoms with E-state index in [2.05, 4.69) is 9.97 Å². The smallest absolute Gasteiger partial charge is 0.232 e. The molecule has 2 aromatic heterocycles. The fourth-order valence-corrected chi connectivity index (χ4v) is 3.20. The normalized spacial score (nSPS) is 12.9. The monoisotopic (exact) mass is 320 g/mol. The van der Waals surface area contributed by atoms with E-state index in [-0.39, 0.29) is 12.1 Å². The second-order valence-corrected chi connectivity index (χ2v) is 6.06. The minimum Gasteiger partial charge on any atom is -0.454 e. The van der Waals surface area contributed by atoms with Crippen LogP contribution in [0.15, 0.2) is 24.3 Å². The Morgan fingerprint density at radius 1 is 1.19 bits per heavy atom. The maximum atomic E-state index is 5.95. The molecule has 1 aliphatic rings. The number of aromatic nitrogens is 2. The molecule has 0 amide bonds. The van der Waals surface area contributed by atoms with Gasteiger partial charge in [-0.1, -0.05) is 0 Å². The minimum atomic E-state index is 0.167. The third kappa shape index (κ3) is 2.26. The van der Waals surface area contributed by atoms with Gasteiger partial charge in [-0.05, 0) is 36.7 Å². The lowest BCUT2D eigenvalue weighted by Crippen LogP contribution is -1.93. The van der Waals surface area contributed by atoms with Crippen LogP contribution in [0.2, 0.25) is 5.28 Å². The van der Waals surface area contributed by atoms with Gasteiger partial charge in [0.05, 0.1) is 5.39 Å². The predicted molar refractivity (Wildman–Crippen MR) is 79.8 cm³/mol. The lowest BCUT2D eigenvalue weighted by Gasteiger charge is -2.06. The first-order valence-electron chi connectivity index (χ1n) is 6.20. The molecule has 1 aromatic carbocycles. The van der Waals surface area contributed by atoms with Gasteiger partial charge < -0.3 is 14.2 Å². The van der Waals surface area contributed by atoms with E-state index < -0.39 is 0 Å². The number of thiophene rings is 1. The van der Waals surface area contributed by atoms with Crippen molar-refractivity contribution in [3.05, 3.63) is 34.4 Å². The topological polar surface area (TPSA) is 53.5 Å². The molecular formula is C14H9ClN2O3S. The highest BCUT2D eigenvalue weighted by atomic mass is 35.5. The largest absolute Gasteiger partial charge is 0.454 e. The number of aryl methyl sites for hydroxylation is 1. The lowest BCUT2D eigenvalue weighted by atomic mass is 10.3. The molecule has 1 aliphatic heterocycles. The van der Waals surface area contributed by atoms with E-state index in [0.29, 0.717) is 23.1 Å². The first-order chi connectivity index (χ1) is 10.2. The van der Waals surface area contributed by atoms with Gasteiger partial charge in [-0.15, -0.1) is 11.3 Å². The summed E-state index contributed by atoms with van der Waals surface area (Å²) in [5.74, 6) is 2.41. The summed E-state index contributed by atoms with van der Waals surface area (Å²) >= 11 is 7.50. The van der Waals surface area contributed by atoms with E-state index in [0.717, 1.165) is 15.1 Å². The summed E-state index contributed by atoms with van der Waals surface area (Å²) in [5, 5.41) is 1.01. The zero-order valence-corrected chi connectivity index (χ0v) is 12.5. The summed E-state index contributed by atoms with van der Waals surface area (Å²) < 4.78 is 16.5. The molecule has 4 rings (SSSR count). The van der Waals surface area contributed by atoms with Crippen molar-refractivity contribution >= 4 is 33.2 Å². The van der Waals surface area contributed by atoms with Crippen molar-refractivity contribution in [2.75, 3.05) is 6.79 Å². The number of rotatable bonds is 2. The third-order valence-corrected chi connectivity index (χ3v) is 4.13. The fourth-order valence-electron chi connectivity index (χ4n) is 2.12. The summed E-state index contributed by atoms with van der Waals surface area (Å²) in [6, 6.07) is 7.35. The summed E-state index contributed by atoms with van der Waals surface area (Å²) in [4.78, 5) is 10.3. The van der Waals surface area contributed by atoms with Gasteiger partial charge in [0.15, 0.2) is 11.5 Å². The van der Waals surface area contributed by atoms with Gasteiger partial charge >= 0.3 is 0 Å². The average molecular weight is 321 g/mol. The second-order valence-electron chi connectivity index (χ2n) is 4.49. The highest BCUT2D eigenvalue weighted by Crippen LogP contribution is 2.38. The highest BCUT2D eigenvalue weighted by Gasteiger charge is 2.16. The number of ether oxygens (including phenoxy) is 3. The van der Waals surface area contributed by atoms with Crippen LogP contribution in [0, 0.1) is 6.92 Å². The molecule has 7 heteroatoms. The van der Waals surface area contributed by atoms with E-state index in [4.69, 9.17) is 25.8 Å². The molecule has 0 fully saturated rings. The maximum Gasteiger partial charge on any atom is 0.232 e. The van der Waals surface area contributed by atoms with Crippen molar-refractivity contribution in [2.45, 2.75) is 6.92 Å². The van der Waals surface area contributed by atoms with Crippen LogP contribution in [0.1, 0.15) is 4.88 Å². The van der Waals surface area contributed by atoms with Gasteiger partial charge in [0, 0.05) is 10.9 Å². The van der Waals surface area contributed by atoms with Gasteiger partial charge in [-0.25, -0.2) is 4.98 Å². The van der Waals surface area contributed by atoms with Gasteiger partial charge in [0.2, 0.25) is 18.0 Å². The summed E-state index contributed by atoms with van der Waals surface area (Å²) in [7, 11) is 0. The SMILES string of the molecule is Cc1cc2c(Oc3ccc4c(c3)OCO4)nc(Cl)nc2s1. The Morgan fingerprint density at radius 3 is 2.95 bits per heavy atom. The number of hydrogen-bond acceptors (Lipinski definition) is 6. The first-order valence-corrected chi connectivity index (χ1v) is 7.40. The van der Waals surface area contributed by atoms with Crippen LogP contribution in [-0.2, 0) is 0 Å². The van der Waals surface area contributed by atoms with Crippen LogP contribution in [0.5, 0.6) is 23.1 Å². The molecular weight excluding hydrogens is 312 g/mol. The van der Waals surface area contributed by atoms with Crippen molar-refractivity contribution in [2.24, 2.45) is 0 Å². The molecule has 5 nitrogen and oxygen atoms in total. The Labute approximate surface area is 129 Å². The molecule has 0 spiro atoms. The Morgan fingerprint density at radius 2 is 2.05 bits per heavy atom. The van der Waals surface area contributed by atoms with E-state index in [1.165, 1.54) is 0 Å². The first kappa shape index (κ1) is 12.7. The molecule has 0 saturated heterocycles. The van der Waals surface area contributed by atoms with Crippen LogP contribution in [-0.4, -0.2) is 16.8 Å². The lowest BCUT2D eigenvalue weighted by molar-refractivity contribution is 0.174. The van der Waals surface area contributed by atoms with Crippen molar-refractivity contribution in [1.29, 1.82) is 0 Å². The molecule has 3 heterocycles.